The molecule has 17 heavy (non-hydrogen) atoms. The van der Waals surface area contributed by atoms with E-state index < -0.39 is 0 Å². The zero-order chi connectivity index (χ0) is 12.1. The first-order valence-corrected chi connectivity index (χ1v) is 5.56. The van der Waals surface area contributed by atoms with Gasteiger partial charge in [-0.25, -0.2) is 4.79 Å². The van der Waals surface area contributed by atoms with Gasteiger partial charge in [-0.2, -0.15) is 5.26 Å². The van der Waals surface area contributed by atoms with E-state index >= 15 is 0 Å². The molecular weight excluding hydrogens is 216 g/mol. The second kappa shape index (κ2) is 5.21. The molecule has 0 spiro atoms. The summed E-state index contributed by atoms with van der Waals surface area (Å²) in [5, 5.41) is 14.6. The van der Waals surface area contributed by atoms with Gasteiger partial charge in [-0.1, -0.05) is 0 Å². The van der Waals surface area contributed by atoms with Crippen LogP contribution >= 0.6 is 0 Å². The number of nitrogens with zero attached hydrogens (tertiary/aromatic N) is 2. The standard InChI is InChI=1S/C12H14N4O/c13-9-10-1-3-11(4-2-10)14-5-7-16-8-6-15-12(16)17/h1-4,14H,5-8H2,(H,15,17). The lowest BCUT2D eigenvalue weighted by Crippen LogP contribution is -2.32. The number of benzene rings is 1. The van der Waals surface area contributed by atoms with Crippen molar-refractivity contribution in [1.29, 1.82) is 5.26 Å². The van der Waals surface area contributed by atoms with Crippen LogP contribution in [-0.4, -0.2) is 37.1 Å². The van der Waals surface area contributed by atoms with Gasteiger partial charge in [-0.3, -0.25) is 0 Å². The van der Waals surface area contributed by atoms with Crippen LogP contribution in [0, 0.1) is 11.3 Å². The highest BCUT2D eigenvalue weighted by molar-refractivity contribution is 5.76. The summed E-state index contributed by atoms with van der Waals surface area (Å²) < 4.78 is 0. The number of rotatable bonds is 4. The number of hydrogen-bond acceptors (Lipinski definition) is 3. The lowest BCUT2D eigenvalue weighted by atomic mass is 10.2. The molecule has 0 unspecified atom stereocenters. The molecule has 1 aromatic carbocycles. The van der Waals surface area contributed by atoms with Crippen LogP contribution in [0.2, 0.25) is 0 Å². The van der Waals surface area contributed by atoms with E-state index in [4.69, 9.17) is 5.26 Å². The number of amides is 2. The Morgan fingerprint density at radius 3 is 2.76 bits per heavy atom. The first kappa shape index (κ1) is 11.3. The van der Waals surface area contributed by atoms with E-state index in [0.29, 0.717) is 18.7 Å². The molecule has 2 amide bonds. The largest absolute Gasteiger partial charge is 0.383 e. The van der Waals surface area contributed by atoms with Gasteiger partial charge in [0.05, 0.1) is 11.6 Å². The molecule has 0 aromatic heterocycles. The molecule has 2 N–H and O–H groups in total. The Labute approximate surface area is 100 Å². The van der Waals surface area contributed by atoms with Crippen LogP contribution in [0.3, 0.4) is 0 Å². The van der Waals surface area contributed by atoms with Gasteiger partial charge in [0.25, 0.3) is 0 Å². The monoisotopic (exact) mass is 230 g/mol. The lowest BCUT2D eigenvalue weighted by molar-refractivity contribution is 0.219. The first-order chi connectivity index (χ1) is 8.29. The van der Waals surface area contributed by atoms with E-state index in [1.807, 2.05) is 12.1 Å². The van der Waals surface area contributed by atoms with Gasteiger partial charge in [-0.05, 0) is 24.3 Å². The molecule has 88 valence electrons. The predicted octanol–water partition coefficient (Wildman–Crippen LogP) is 0.995. The zero-order valence-corrected chi connectivity index (χ0v) is 9.44. The van der Waals surface area contributed by atoms with Crippen molar-refractivity contribution in [2.45, 2.75) is 0 Å². The van der Waals surface area contributed by atoms with Crippen LogP contribution in [-0.2, 0) is 0 Å². The maximum Gasteiger partial charge on any atom is 0.317 e. The SMILES string of the molecule is N#Cc1ccc(NCCN2CCNC2=O)cc1. The zero-order valence-electron chi connectivity index (χ0n) is 9.44. The predicted molar refractivity (Wildman–Crippen MR) is 64.6 cm³/mol. The maximum absolute atomic E-state index is 11.3. The number of anilines is 1. The van der Waals surface area contributed by atoms with E-state index in [-0.39, 0.29) is 6.03 Å². The Bertz CT molecular complexity index is 435. The fourth-order valence-electron chi connectivity index (χ4n) is 1.72. The summed E-state index contributed by atoms with van der Waals surface area (Å²) in [6.07, 6.45) is 0. The third-order valence-corrected chi connectivity index (χ3v) is 2.67. The summed E-state index contributed by atoms with van der Waals surface area (Å²) in [7, 11) is 0. The average Bonchev–Trinajstić information content (AvgIpc) is 2.76. The molecule has 5 nitrogen and oxygen atoms in total. The van der Waals surface area contributed by atoms with Crippen molar-refractivity contribution in [3.05, 3.63) is 29.8 Å². The number of carbonyl (C=O) groups is 1. The van der Waals surface area contributed by atoms with Crippen LogP contribution in [0.15, 0.2) is 24.3 Å². The molecule has 1 saturated heterocycles. The molecule has 0 bridgehead atoms. The van der Waals surface area contributed by atoms with Crippen LogP contribution in [0.1, 0.15) is 5.56 Å². The molecule has 1 aromatic rings. The molecule has 5 heteroatoms. The molecule has 0 saturated carbocycles. The van der Waals surface area contributed by atoms with E-state index in [9.17, 15) is 4.79 Å². The highest BCUT2D eigenvalue weighted by Gasteiger charge is 2.17. The van der Waals surface area contributed by atoms with Gasteiger partial charge in [0.15, 0.2) is 0 Å². The second-order valence-electron chi connectivity index (χ2n) is 3.83. The van der Waals surface area contributed by atoms with Gasteiger partial charge in [0.2, 0.25) is 0 Å². The van der Waals surface area contributed by atoms with Crippen molar-refractivity contribution in [1.82, 2.24) is 10.2 Å². The molecule has 1 heterocycles. The van der Waals surface area contributed by atoms with Gasteiger partial charge < -0.3 is 15.5 Å². The summed E-state index contributed by atoms with van der Waals surface area (Å²) in [4.78, 5) is 13.0. The van der Waals surface area contributed by atoms with Crippen LogP contribution in [0.5, 0.6) is 0 Å². The topological polar surface area (TPSA) is 68.2 Å². The van der Waals surface area contributed by atoms with Crippen molar-refractivity contribution in [2.75, 3.05) is 31.5 Å². The molecule has 1 fully saturated rings. The summed E-state index contributed by atoms with van der Waals surface area (Å²) in [6.45, 7) is 2.90. The van der Waals surface area contributed by atoms with Gasteiger partial charge in [0, 0.05) is 31.9 Å². The minimum Gasteiger partial charge on any atom is -0.383 e. The van der Waals surface area contributed by atoms with Gasteiger partial charge in [0.1, 0.15) is 0 Å². The smallest absolute Gasteiger partial charge is 0.317 e. The number of urea groups is 1. The minimum absolute atomic E-state index is 0.00614. The normalized spacial score (nSPS) is 14.3. The third kappa shape index (κ3) is 2.88. The first-order valence-electron chi connectivity index (χ1n) is 5.56. The number of carbonyl (C=O) groups excluding carboxylic acids is 1. The van der Waals surface area contributed by atoms with E-state index in [1.54, 1.807) is 17.0 Å². The van der Waals surface area contributed by atoms with Crippen molar-refractivity contribution in [3.63, 3.8) is 0 Å². The highest BCUT2D eigenvalue weighted by Crippen LogP contribution is 2.08. The molecule has 0 radical (unpaired) electrons. The number of nitriles is 1. The summed E-state index contributed by atoms with van der Waals surface area (Å²) >= 11 is 0. The Kier molecular flexibility index (Phi) is 3.46. The fraction of sp³-hybridized carbons (Fsp3) is 0.333. The Hall–Kier alpha value is -2.22. The Morgan fingerprint density at radius 2 is 2.18 bits per heavy atom. The Balaban J connectivity index is 1.78. The van der Waals surface area contributed by atoms with Crippen LogP contribution in [0.4, 0.5) is 10.5 Å². The quantitative estimate of drug-likeness (QED) is 0.810. The number of hydrogen-bond donors (Lipinski definition) is 2. The summed E-state index contributed by atoms with van der Waals surface area (Å²) in [5.41, 5.74) is 1.61. The molecule has 1 aliphatic rings. The molecule has 0 aliphatic carbocycles. The summed E-state index contributed by atoms with van der Waals surface area (Å²) in [6, 6.07) is 9.34. The maximum atomic E-state index is 11.3. The van der Waals surface area contributed by atoms with Crippen molar-refractivity contribution in [3.8, 4) is 6.07 Å². The Morgan fingerprint density at radius 1 is 1.41 bits per heavy atom. The highest BCUT2D eigenvalue weighted by atomic mass is 16.2. The molecular formula is C12H14N4O. The fourth-order valence-corrected chi connectivity index (χ4v) is 1.72. The molecule has 2 rings (SSSR count). The lowest BCUT2D eigenvalue weighted by Gasteiger charge is -2.14. The minimum atomic E-state index is 0.00614. The third-order valence-electron chi connectivity index (χ3n) is 2.67. The van der Waals surface area contributed by atoms with E-state index in [0.717, 1.165) is 18.8 Å². The number of nitrogens with one attached hydrogen (secondary N) is 2. The average molecular weight is 230 g/mol. The molecule has 0 atom stereocenters. The van der Waals surface area contributed by atoms with Crippen LogP contribution in [0.25, 0.3) is 0 Å². The van der Waals surface area contributed by atoms with Crippen molar-refractivity contribution < 1.29 is 4.79 Å². The van der Waals surface area contributed by atoms with Crippen molar-refractivity contribution in [2.24, 2.45) is 0 Å². The van der Waals surface area contributed by atoms with E-state index in [1.165, 1.54) is 0 Å². The van der Waals surface area contributed by atoms with E-state index in [2.05, 4.69) is 16.7 Å². The second-order valence-corrected chi connectivity index (χ2v) is 3.83. The van der Waals surface area contributed by atoms with Crippen LogP contribution < -0.4 is 10.6 Å². The van der Waals surface area contributed by atoms with Gasteiger partial charge >= 0.3 is 6.03 Å². The van der Waals surface area contributed by atoms with Gasteiger partial charge in [-0.15, -0.1) is 0 Å². The summed E-state index contributed by atoms with van der Waals surface area (Å²) in [5.74, 6) is 0. The van der Waals surface area contributed by atoms with Crippen molar-refractivity contribution >= 4 is 11.7 Å². The molecule has 1 aliphatic heterocycles.